The summed E-state index contributed by atoms with van der Waals surface area (Å²) in [6, 6.07) is 0. The normalized spacial score (nSPS) is 20.5. The summed E-state index contributed by atoms with van der Waals surface area (Å²) in [5.74, 6) is -50.1. The van der Waals surface area contributed by atoms with Crippen LogP contribution < -0.4 is 0 Å². The van der Waals surface area contributed by atoms with E-state index in [1.165, 1.54) is 0 Å². The second-order valence-corrected chi connectivity index (χ2v) is 5.73. The Balaban J connectivity index is 3.46. The highest BCUT2D eigenvalue weighted by atomic mass is 19.4. The highest BCUT2D eigenvalue weighted by Crippen LogP contribution is 2.64. The second kappa shape index (κ2) is 6.86. The standard InChI is InChI=1S/C11H5F17O2/c12-4(13,6(16,17)8(20,21)10(24,25)26)5(14,15)7(18,19)9(22,23)11(27,28)30-2-3-1-29-3/h3H,1-2H2. The number of hydrogen-bond acceptors (Lipinski definition) is 2. The van der Waals surface area contributed by atoms with Crippen molar-refractivity contribution in [2.45, 2.75) is 53.9 Å². The quantitative estimate of drug-likeness (QED) is 0.319. The molecule has 0 saturated carbocycles. The molecule has 1 aliphatic rings. The molecule has 2 nitrogen and oxygen atoms in total. The molecule has 0 radical (unpaired) electrons. The number of rotatable bonds is 9. The molecule has 1 fully saturated rings. The van der Waals surface area contributed by atoms with Gasteiger partial charge in [-0.3, -0.25) is 0 Å². The van der Waals surface area contributed by atoms with E-state index in [0.717, 1.165) is 0 Å². The van der Waals surface area contributed by atoms with Crippen LogP contribution in [-0.4, -0.2) is 67.1 Å². The summed E-state index contributed by atoms with van der Waals surface area (Å²) in [5, 5.41) is 0. The molecule has 30 heavy (non-hydrogen) atoms. The van der Waals surface area contributed by atoms with Crippen molar-refractivity contribution >= 4 is 0 Å². The van der Waals surface area contributed by atoms with Crippen LogP contribution in [0.25, 0.3) is 0 Å². The van der Waals surface area contributed by atoms with Crippen molar-refractivity contribution in [2.75, 3.05) is 13.2 Å². The molecule has 0 spiro atoms. The SMILES string of the molecule is FC(F)(F)C(F)(F)C(F)(F)C(F)(F)C(F)(F)C(F)(F)C(F)(F)C(F)(F)OCC1CO1. The van der Waals surface area contributed by atoms with Gasteiger partial charge >= 0.3 is 47.8 Å². The third-order valence-corrected chi connectivity index (χ3v) is 3.55. The van der Waals surface area contributed by atoms with Crippen LogP contribution >= 0.6 is 0 Å². The van der Waals surface area contributed by atoms with Gasteiger partial charge in [0.05, 0.1) is 13.2 Å². The lowest BCUT2D eigenvalue weighted by Gasteiger charge is -2.42. The summed E-state index contributed by atoms with van der Waals surface area (Å²) >= 11 is 0. The average Bonchev–Trinajstić information content (AvgIpc) is 3.35. The maximum atomic E-state index is 13.3. The molecular weight excluding hydrogens is 487 g/mol. The van der Waals surface area contributed by atoms with Crippen molar-refractivity contribution < 1.29 is 84.1 Å². The molecule has 0 aromatic carbocycles. The van der Waals surface area contributed by atoms with Gasteiger partial charge in [0, 0.05) is 0 Å². The first-order valence-corrected chi connectivity index (χ1v) is 6.80. The van der Waals surface area contributed by atoms with Crippen molar-refractivity contribution in [3.05, 3.63) is 0 Å². The van der Waals surface area contributed by atoms with E-state index in [0.29, 0.717) is 0 Å². The topological polar surface area (TPSA) is 21.8 Å². The van der Waals surface area contributed by atoms with Gasteiger partial charge in [-0.25, -0.2) is 0 Å². The van der Waals surface area contributed by atoms with E-state index >= 15 is 0 Å². The van der Waals surface area contributed by atoms with Gasteiger partial charge in [-0.15, -0.1) is 0 Å². The van der Waals surface area contributed by atoms with E-state index in [1.54, 1.807) is 0 Å². The van der Waals surface area contributed by atoms with Crippen molar-refractivity contribution in [3.63, 3.8) is 0 Å². The summed E-state index contributed by atoms with van der Waals surface area (Å²) in [4.78, 5) is 0. The van der Waals surface area contributed by atoms with Gasteiger partial charge in [-0.2, -0.15) is 74.6 Å². The summed E-state index contributed by atoms with van der Waals surface area (Å²) in [6.45, 7) is -2.20. The van der Waals surface area contributed by atoms with E-state index < -0.39 is 67.1 Å². The van der Waals surface area contributed by atoms with E-state index in [1.807, 2.05) is 0 Å². The van der Waals surface area contributed by atoms with Crippen molar-refractivity contribution in [1.29, 1.82) is 0 Å². The molecule has 0 aromatic heterocycles. The lowest BCUT2D eigenvalue weighted by Crippen LogP contribution is -2.74. The number of ether oxygens (including phenoxy) is 2. The molecule has 0 aromatic rings. The molecule has 180 valence electrons. The van der Waals surface area contributed by atoms with Crippen LogP contribution in [0.2, 0.25) is 0 Å². The molecule has 0 N–H and O–H groups in total. The smallest absolute Gasteiger partial charge is 0.371 e. The summed E-state index contributed by atoms with van der Waals surface area (Å²) < 4.78 is 226. The lowest BCUT2D eigenvalue weighted by atomic mass is 9.90. The molecule has 1 rings (SSSR count). The molecule has 1 heterocycles. The molecule has 1 atom stereocenters. The van der Waals surface area contributed by atoms with Crippen LogP contribution in [0.4, 0.5) is 74.6 Å². The zero-order valence-electron chi connectivity index (χ0n) is 13.2. The Kier molecular flexibility index (Phi) is 6.12. The van der Waals surface area contributed by atoms with Gasteiger partial charge in [0.2, 0.25) is 0 Å². The van der Waals surface area contributed by atoms with Crippen molar-refractivity contribution in [3.8, 4) is 0 Å². The van der Waals surface area contributed by atoms with E-state index in [9.17, 15) is 74.6 Å². The predicted octanol–water partition coefficient (Wildman–Crippen LogP) is 5.37. The van der Waals surface area contributed by atoms with Crippen molar-refractivity contribution in [1.82, 2.24) is 0 Å². The number of hydrogen-bond donors (Lipinski definition) is 0. The summed E-state index contributed by atoms with van der Waals surface area (Å²) in [5.41, 5.74) is 0. The van der Waals surface area contributed by atoms with Gasteiger partial charge in [0.15, 0.2) is 0 Å². The van der Waals surface area contributed by atoms with E-state index in [2.05, 4.69) is 9.47 Å². The summed E-state index contributed by atoms with van der Waals surface area (Å²) in [7, 11) is 0. The second-order valence-electron chi connectivity index (χ2n) is 5.73. The maximum absolute atomic E-state index is 13.3. The lowest BCUT2D eigenvalue weighted by molar-refractivity contribution is -0.477. The Hall–Kier alpha value is -1.27. The third kappa shape index (κ3) is 3.54. The van der Waals surface area contributed by atoms with Crippen LogP contribution in [0.5, 0.6) is 0 Å². The monoisotopic (exact) mass is 492 g/mol. The van der Waals surface area contributed by atoms with Crippen molar-refractivity contribution in [2.24, 2.45) is 0 Å². The number of epoxide rings is 1. The Bertz CT molecular complexity index is 632. The zero-order valence-corrected chi connectivity index (χ0v) is 13.2. The molecule has 1 unspecified atom stereocenters. The number of halogens is 17. The Labute approximate surface area is 152 Å². The first-order valence-electron chi connectivity index (χ1n) is 6.80. The van der Waals surface area contributed by atoms with Crippen LogP contribution in [0.1, 0.15) is 0 Å². The van der Waals surface area contributed by atoms with Crippen LogP contribution in [0.3, 0.4) is 0 Å². The molecule has 0 aliphatic carbocycles. The van der Waals surface area contributed by atoms with Gasteiger partial charge in [-0.05, 0) is 0 Å². The van der Waals surface area contributed by atoms with E-state index in [-0.39, 0.29) is 0 Å². The molecule has 1 aliphatic heterocycles. The fourth-order valence-electron chi connectivity index (χ4n) is 1.60. The molecule has 0 amide bonds. The summed E-state index contributed by atoms with van der Waals surface area (Å²) in [6.07, 6.45) is -16.0. The fourth-order valence-corrected chi connectivity index (χ4v) is 1.60. The van der Waals surface area contributed by atoms with E-state index in [4.69, 9.17) is 0 Å². The molecule has 1 saturated heterocycles. The minimum atomic E-state index is -8.64. The Morgan fingerprint density at radius 2 is 0.833 bits per heavy atom. The molecular formula is C11H5F17O2. The number of alkyl halides is 17. The zero-order chi connectivity index (χ0) is 24.4. The van der Waals surface area contributed by atoms with Crippen LogP contribution in [0, 0.1) is 0 Å². The van der Waals surface area contributed by atoms with Gasteiger partial charge in [0.1, 0.15) is 6.10 Å². The first kappa shape index (κ1) is 26.8. The minimum absolute atomic E-state index is 0.481. The maximum Gasteiger partial charge on any atom is 0.460 e. The van der Waals surface area contributed by atoms with Crippen LogP contribution in [-0.2, 0) is 9.47 Å². The Morgan fingerprint density at radius 3 is 1.13 bits per heavy atom. The van der Waals surface area contributed by atoms with Crippen LogP contribution in [0.15, 0.2) is 0 Å². The van der Waals surface area contributed by atoms with Gasteiger partial charge in [-0.1, -0.05) is 0 Å². The minimum Gasteiger partial charge on any atom is -0.371 e. The Morgan fingerprint density at radius 1 is 0.533 bits per heavy atom. The first-order chi connectivity index (χ1) is 12.8. The van der Waals surface area contributed by atoms with Gasteiger partial charge in [0.25, 0.3) is 0 Å². The average molecular weight is 492 g/mol. The van der Waals surface area contributed by atoms with Gasteiger partial charge < -0.3 is 9.47 Å². The highest BCUT2D eigenvalue weighted by Gasteiger charge is 2.95. The molecule has 0 bridgehead atoms. The fraction of sp³-hybridized carbons (Fsp3) is 1.00. The molecule has 19 heteroatoms. The predicted molar refractivity (Wildman–Crippen MR) is 56.4 cm³/mol. The highest BCUT2D eigenvalue weighted by molar-refractivity contribution is 5.14. The largest absolute Gasteiger partial charge is 0.460 e. The third-order valence-electron chi connectivity index (χ3n) is 3.55.